The van der Waals surface area contributed by atoms with Gasteiger partial charge in [-0.05, 0) is 46.1 Å². The number of rotatable bonds is 7. The highest BCUT2D eigenvalue weighted by Gasteiger charge is 2.24. The molecule has 1 N–H and O–H groups in total. The van der Waals surface area contributed by atoms with Gasteiger partial charge in [0, 0.05) is 0 Å². The molecular weight excluding hydrogens is 322 g/mol. The number of nitrogens with zero attached hydrogens (tertiary/aromatic N) is 2. The molecule has 1 amide bonds. The smallest absolute Gasteiger partial charge is 0.414 e. The summed E-state index contributed by atoms with van der Waals surface area (Å²) >= 11 is 0. The van der Waals surface area contributed by atoms with Gasteiger partial charge in [0.1, 0.15) is 11.6 Å². The minimum absolute atomic E-state index is 0.0909. The molecule has 0 saturated heterocycles. The third kappa shape index (κ3) is 6.45. The SMILES string of the molecule is CCOc1nnc([C@@H](CCc2ccccc2)NC(=O)OC(C)(C)C)o1. The molecule has 1 heterocycles. The summed E-state index contributed by atoms with van der Waals surface area (Å²) in [6.45, 7) is 7.69. The lowest BCUT2D eigenvalue weighted by Crippen LogP contribution is -2.35. The van der Waals surface area contributed by atoms with Crippen molar-refractivity contribution in [3.8, 4) is 6.08 Å². The number of nitrogens with one attached hydrogen (secondary N) is 1. The Morgan fingerprint density at radius 2 is 1.96 bits per heavy atom. The number of carbonyl (C=O) groups is 1. The molecule has 25 heavy (non-hydrogen) atoms. The number of aryl methyl sites for hydroxylation is 1. The van der Waals surface area contributed by atoms with Crippen LogP contribution >= 0.6 is 0 Å². The maximum atomic E-state index is 12.1. The minimum atomic E-state index is -0.584. The predicted octanol–water partition coefficient (Wildman–Crippen LogP) is 3.67. The summed E-state index contributed by atoms with van der Waals surface area (Å²) in [5, 5.41) is 10.6. The number of carbonyl (C=O) groups excluding carboxylic acids is 1. The van der Waals surface area contributed by atoms with Crippen molar-refractivity contribution in [1.29, 1.82) is 0 Å². The van der Waals surface area contributed by atoms with Crippen LogP contribution in [0.15, 0.2) is 34.7 Å². The monoisotopic (exact) mass is 347 g/mol. The summed E-state index contributed by atoms with van der Waals surface area (Å²) < 4.78 is 16.0. The Morgan fingerprint density at radius 3 is 2.60 bits per heavy atom. The molecule has 0 aliphatic heterocycles. The molecule has 0 aliphatic carbocycles. The molecule has 0 spiro atoms. The van der Waals surface area contributed by atoms with E-state index in [4.69, 9.17) is 13.9 Å². The van der Waals surface area contributed by atoms with Crippen LogP contribution in [-0.2, 0) is 11.2 Å². The summed E-state index contributed by atoms with van der Waals surface area (Å²) in [6.07, 6.45) is 0.903. The fraction of sp³-hybridized carbons (Fsp3) is 0.500. The molecular formula is C18H25N3O4. The van der Waals surface area contributed by atoms with E-state index in [1.165, 1.54) is 0 Å². The summed E-state index contributed by atoms with van der Waals surface area (Å²) in [7, 11) is 0. The Balaban J connectivity index is 2.08. The molecule has 7 heteroatoms. The number of benzene rings is 1. The van der Waals surface area contributed by atoms with Gasteiger partial charge in [-0.3, -0.25) is 0 Å². The van der Waals surface area contributed by atoms with Crippen LogP contribution in [0.25, 0.3) is 0 Å². The third-order valence-electron chi connectivity index (χ3n) is 3.24. The number of aromatic nitrogens is 2. The number of hydrogen-bond donors (Lipinski definition) is 1. The highest BCUT2D eigenvalue weighted by molar-refractivity contribution is 5.68. The van der Waals surface area contributed by atoms with Gasteiger partial charge in [0.25, 0.3) is 0 Å². The molecule has 136 valence electrons. The summed E-state index contributed by atoms with van der Waals surface area (Å²) in [4.78, 5) is 12.1. The molecule has 2 aromatic rings. The van der Waals surface area contributed by atoms with Crippen molar-refractivity contribution in [1.82, 2.24) is 15.5 Å². The fourth-order valence-corrected chi connectivity index (χ4v) is 2.21. The van der Waals surface area contributed by atoms with E-state index in [9.17, 15) is 4.79 Å². The second-order valence-corrected chi connectivity index (χ2v) is 6.56. The second kappa shape index (κ2) is 8.50. The Bertz CT molecular complexity index is 664. The van der Waals surface area contributed by atoms with Gasteiger partial charge in [0.15, 0.2) is 0 Å². The predicted molar refractivity (Wildman–Crippen MR) is 92.3 cm³/mol. The maximum Gasteiger partial charge on any atom is 0.414 e. The first-order valence-electron chi connectivity index (χ1n) is 8.37. The Labute approximate surface area is 147 Å². The molecule has 0 unspecified atom stereocenters. The van der Waals surface area contributed by atoms with Gasteiger partial charge in [-0.15, -0.1) is 5.10 Å². The van der Waals surface area contributed by atoms with Gasteiger partial charge in [-0.2, -0.15) is 0 Å². The van der Waals surface area contributed by atoms with Crippen LogP contribution < -0.4 is 10.1 Å². The number of amides is 1. The molecule has 2 rings (SSSR count). The maximum absolute atomic E-state index is 12.1. The van der Waals surface area contributed by atoms with Gasteiger partial charge >= 0.3 is 12.2 Å². The number of ether oxygens (including phenoxy) is 2. The molecule has 0 radical (unpaired) electrons. The topological polar surface area (TPSA) is 86.5 Å². The van der Waals surface area contributed by atoms with Crippen LogP contribution in [0, 0.1) is 0 Å². The average molecular weight is 347 g/mol. The van der Waals surface area contributed by atoms with E-state index in [0.717, 1.165) is 12.0 Å². The standard InChI is InChI=1S/C18H25N3O4/c1-5-23-17-21-20-15(24-17)14(19-16(22)25-18(2,3)4)12-11-13-9-7-6-8-10-13/h6-10,14H,5,11-12H2,1-4H3,(H,19,22)/t14-/m1/s1. The quantitative estimate of drug-likeness (QED) is 0.822. The van der Waals surface area contributed by atoms with Gasteiger partial charge < -0.3 is 19.2 Å². The van der Waals surface area contributed by atoms with Crippen LogP contribution in [0.3, 0.4) is 0 Å². The van der Waals surface area contributed by atoms with E-state index >= 15 is 0 Å². The van der Waals surface area contributed by atoms with E-state index in [0.29, 0.717) is 18.9 Å². The average Bonchev–Trinajstić information content (AvgIpc) is 2.99. The summed E-state index contributed by atoms with van der Waals surface area (Å²) in [5.74, 6) is 0.297. The Morgan fingerprint density at radius 1 is 1.24 bits per heavy atom. The Kier molecular flexibility index (Phi) is 6.38. The first kappa shape index (κ1) is 18.8. The molecule has 0 aliphatic rings. The molecule has 1 aromatic heterocycles. The van der Waals surface area contributed by atoms with E-state index in [1.54, 1.807) is 0 Å². The van der Waals surface area contributed by atoms with E-state index < -0.39 is 17.7 Å². The van der Waals surface area contributed by atoms with Gasteiger partial charge in [0.05, 0.1) is 6.61 Å². The summed E-state index contributed by atoms with van der Waals surface area (Å²) in [5.41, 5.74) is 0.572. The zero-order chi connectivity index (χ0) is 18.3. The highest BCUT2D eigenvalue weighted by atomic mass is 16.6. The van der Waals surface area contributed by atoms with Gasteiger partial charge in [-0.1, -0.05) is 35.4 Å². The third-order valence-corrected chi connectivity index (χ3v) is 3.24. The largest absolute Gasteiger partial charge is 0.449 e. The molecule has 1 atom stereocenters. The second-order valence-electron chi connectivity index (χ2n) is 6.56. The lowest BCUT2D eigenvalue weighted by molar-refractivity contribution is 0.0491. The van der Waals surface area contributed by atoms with Crippen molar-refractivity contribution < 1.29 is 18.7 Å². The molecule has 0 bridgehead atoms. The van der Waals surface area contributed by atoms with Crippen molar-refractivity contribution >= 4 is 6.09 Å². The van der Waals surface area contributed by atoms with E-state index in [-0.39, 0.29) is 6.08 Å². The van der Waals surface area contributed by atoms with E-state index in [2.05, 4.69) is 15.5 Å². The van der Waals surface area contributed by atoms with Crippen molar-refractivity contribution in [2.24, 2.45) is 0 Å². The van der Waals surface area contributed by atoms with Crippen molar-refractivity contribution in [3.05, 3.63) is 41.8 Å². The van der Waals surface area contributed by atoms with Gasteiger partial charge in [0.2, 0.25) is 5.89 Å². The van der Waals surface area contributed by atoms with Crippen LogP contribution in [0.5, 0.6) is 6.08 Å². The van der Waals surface area contributed by atoms with Crippen LogP contribution in [0.2, 0.25) is 0 Å². The van der Waals surface area contributed by atoms with E-state index in [1.807, 2.05) is 58.0 Å². The molecule has 7 nitrogen and oxygen atoms in total. The van der Waals surface area contributed by atoms with Crippen molar-refractivity contribution in [3.63, 3.8) is 0 Å². The Hall–Kier alpha value is -2.57. The highest BCUT2D eigenvalue weighted by Crippen LogP contribution is 2.22. The van der Waals surface area contributed by atoms with Crippen molar-refractivity contribution in [2.45, 2.75) is 52.2 Å². The number of alkyl carbamates (subject to hydrolysis) is 1. The number of hydrogen-bond acceptors (Lipinski definition) is 6. The van der Waals surface area contributed by atoms with Crippen molar-refractivity contribution in [2.75, 3.05) is 6.61 Å². The molecule has 0 saturated carbocycles. The lowest BCUT2D eigenvalue weighted by Gasteiger charge is -2.22. The normalized spacial score (nSPS) is 12.5. The lowest BCUT2D eigenvalue weighted by atomic mass is 10.1. The summed E-state index contributed by atoms with van der Waals surface area (Å²) in [6, 6.07) is 9.52. The zero-order valence-corrected chi connectivity index (χ0v) is 15.1. The van der Waals surface area contributed by atoms with Crippen LogP contribution in [0.1, 0.15) is 51.6 Å². The first-order chi connectivity index (χ1) is 11.9. The first-order valence-corrected chi connectivity index (χ1v) is 8.37. The van der Waals surface area contributed by atoms with Gasteiger partial charge in [-0.25, -0.2) is 4.79 Å². The zero-order valence-electron chi connectivity index (χ0n) is 15.1. The minimum Gasteiger partial charge on any atom is -0.449 e. The van der Waals surface area contributed by atoms with Crippen LogP contribution in [0.4, 0.5) is 4.79 Å². The van der Waals surface area contributed by atoms with Crippen LogP contribution in [-0.4, -0.2) is 28.5 Å². The fourth-order valence-electron chi connectivity index (χ4n) is 2.21. The molecule has 0 fully saturated rings. The molecule has 1 aromatic carbocycles.